The zero-order chi connectivity index (χ0) is 17.2. The summed E-state index contributed by atoms with van der Waals surface area (Å²) in [6.07, 6.45) is 11.9. The number of aryl methyl sites for hydroxylation is 1. The van der Waals surface area contributed by atoms with Crippen LogP contribution in [0.5, 0.6) is 0 Å². The molecule has 0 heterocycles. The number of carbonyl (C=O) groups is 1. The third-order valence-corrected chi connectivity index (χ3v) is 5.22. The van der Waals surface area contributed by atoms with E-state index < -0.39 is 5.97 Å². The summed E-state index contributed by atoms with van der Waals surface area (Å²) in [5.41, 5.74) is 2.49. The lowest BCUT2D eigenvalue weighted by Crippen LogP contribution is -1.96. The Morgan fingerprint density at radius 3 is 2.09 bits per heavy atom. The summed E-state index contributed by atoms with van der Waals surface area (Å²) in [7, 11) is 0. The standard InChI is InChI=1S/C19H26Br2O2/c1-3-4-5-6-7-8-9-10-15-12-17(20)16(18(21)13-15)11-14(2)19(22)23/h11-13H,3-10H2,1-2H3,(H,22,23). The van der Waals surface area contributed by atoms with Crippen LogP contribution in [0.3, 0.4) is 0 Å². The first-order valence-corrected chi connectivity index (χ1v) is 9.93. The second kappa shape index (κ2) is 11.0. The Morgan fingerprint density at radius 2 is 1.57 bits per heavy atom. The van der Waals surface area contributed by atoms with Crippen LogP contribution in [0.4, 0.5) is 0 Å². The third-order valence-electron chi connectivity index (χ3n) is 3.91. The molecule has 0 radical (unpaired) electrons. The van der Waals surface area contributed by atoms with Crippen LogP contribution in [0.15, 0.2) is 26.7 Å². The monoisotopic (exact) mass is 444 g/mol. The smallest absolute Gasteiger partial charge is 0.331 e. The Bertz CT molecular complexity index is 527. The Kier molecular flexibility index (Phi) is 9.80. The van der Waals surface area contributed by atoms with Crippen molar-refractivity contribution in [3.8, 4) is 0 Å². The van der Waals surface area contributed by atoms with Gasteiger partial charge < -0.3 is 5.11 Å². The Labute approximate surface area is 156 Å². The van der Waals surface area contributed by atoms with Crippen LogP contribution in [0.2, 0.25) is 0 Å². The summed E-state index contributed by atoms with van der Waals surface area (Å²) < 4.78 is 1.87. The number of rotatable bonds is 10. The highest BCUT2D eigenvalue weighted by Gasteiger charge is 2.08. The number of unbranched alkanes of at least 4 members (excludes halogenated alkanes) is 6. The fourth-order valence-electron chi connectivity index (χ4n) is 2.48. The highest BCUT2D eigenvalue weighted by Crippen LogP contribution is 2.30. The first-order chi connectivity index (χ1) is 11.0. The number of halogens is 2. The topological polar surface area (TPSA) is 37.3 Å². The maximum Gasteiger partial charge on any atom is 0.331 e. The highest BCUT2D eigenvalue weighted by molar-refractivity contribution is 9.11. The van der Waals surface area contributed by atoms with Crippen molar-refractivity contribution in [3.05, 3.63) is 37.8 Å². The molecule has 0 aliphatic carbocycles. The molecule has 0 fully saturated rings. The van der Waals surface area contributed by atoms with Crippen molar-refractivity contribution >= 4 is 43.9 Å². The number of hydrogen-bond donors (Lipinski definition) is 1. The van der Waals surface area contributed by atoms with Crippen LogP contribution in [0.1, 0.15) is 69.9 Å². The third kappa shape index (κ3) is 7.67. The molecule has 1 rings (SSSR count). The van der Waals surface area contributed by atoms with Crippen LogP contribution in [-0.4, -0.2) is 11.1 Å². The molecule has 2 nitrogen and oxygen atoms in total. The van der Waals surface area contributed by atoms with Gasteiger partial charge in [-0.15, -0.1) is 0 Å². The van der Waals surface area contributed by atoms with E-state index in [0.29, 0.717) is 5.57 Å². The van der Waals surface area contributed by atoms with Crippen LogP contribution >= 0.6 is 31.9 Å². The highest BCUT2D eigenvalue weighted by atomic mass is 79.9. The van der Waals surface area contributed by atoms with Crippen LogP contribution in [0, 0.1) is 0 Å². The number of carboxylic acids is 1. The second-order valence-electron chi connectivity index (χ2n) is 5.98. The summed E-state index contributed by atoms with van der Waals surface area (Å²) in [5, 5.41) is 9.00. The van der Waals surface area contributed by atoms with E-state index in [-0.39, 0.29) is 0 Å². The number of hydrogen-bond acceptors (Lipinski definition) is 1. The van der Waals surface area contributed by atoms with Crippen molar-refractivity contribution < 1.29 is 9.90 Å². The quantitative estimate of drug-likeness (QED) is 0.311. The van der Waals surface area contributed by atoms with E-state index in [2.05, 4.69) is 50.9 Å². The molecule has 23 heavy (non-hydrogen) atoms. The van der Waals surface area contributed by atoms with Crippen molar-refractivity contribution in [1.29, 1.82) is 0 Å². The molecular formula is C19H26Br2O2. The fourth-order valence-corrected chi connectivity index (χ4v) is 3.99. The molecule has 1 N–H and O–H groups in total. The zero-order valence-electron chi connectivity index (χ0n) is 14.0. The second-order valence-corrected chi connectivity index (χ2v) is 7.69. The molecule has 1 aromatic rings. The van der Waals surface area contributed by atoms with Gasteiger partial charge in [0.2, 0.25) is 0 Å². The zero-order valence-corrected chi connectivity index (χ0v) is 17.2. The maximum atomic E-state index is 11.0. The van der Waals surface area contributed by atoms with Gasteiger partial charge >= 0.3 is 5.97 Å². The molecule has 0 amide bonds. The van der Waals surface area contributed by atoms with Crippen molar-refractivity contribution in [3.63, 3.8) is 0 Å². The molecule has 0 unspecified atom stereocenters. The number of carboxylic acid groups (broad SMARTS) is 1. The van der Waals surface area contributed by atoms with Gasteiger partial charge in [-0.2, -0.15) is 0 Å². The van der Waals surface area contributed by atoms with Gasteiger partial charge in [0, 0.05) is 20.1 Å². The lowest BCUT2D eigenvalue weighted by molar-refractivity contribution is -0.132. The molecule has 0 spiro atoms. The minimum atomic E-state index is -0.893. The molecule has 0 saturated heterocycles. The van der Waals surface area contributed by atoms with Crippen molar-refractivity contribution in [1.82, 2.24) is 0 Å². The molecule has 0 bridgehead atoms. The predicted molar refractivity (Wildman–Crippen MR) is 105 cm³/mol. The van der Waals surface area contributed by atoms with E-state index >= 15 is 0 Å². The summed E-state index contributed by atoms with van der Waals surface area (Å²) in [6.45, 7) is 3.85. The van der Waals surface area contributed by atoms with Crippen molar-refractivity contribution in [2.24, 2.45) is 0 Å². The Hall–Kier alpha value is -0.610. The minimum absolute atomic E-state index is 0.325. The molecule has 0 aliphatic heterocycles. The first-order valence-electron chi connectivity index (χ1n) is 8.35. The first kappa shape index (κ1) is 20.4. The molecule has 0 atom stereocenters. The van der Waals surface area contributed by atoms with Gasteiger partial charge in [-0.05, 0) is 43.5 Å². The van der Waals surface area contributed by atoms with Gasteiger partial charge in [-0.1, -0.05) is 77.3 Å². The van der Waals surface area contributed by atoms with Crippen molar-refractivity contribution in [2.75, 3.05) is 0 Å². The SMILES string of the molecule is CCCCCCCCCc1cc(Br)c(C=C(C)C(=O)O)c(Br)c1. The lowest BCUT2D eigenvalue weighted by Gasteiger charge is -2.08. The average Bonchev–Trinajstić information content (AvgIpc) is 2.49. The van der Waals surface area contributed by atoms with E-state index in [1.807, 2.05) is 0 Å². The fraction of sp³-hybridized carbons (Fsp3) is 0.526. The summed E-state index contributed by atoms with van der Waals surface area (Å²) in [6, 6.07) is 4.20. The Balaban J connectivity index is 2.56. The summed E-state index contributed by atoms with van der Waals surface area (Å²) >= 11 is 7.12. The molecule has 0 aliphatic rings. The van der Waals surface area contributed by atoms with E-state index in [9.17, 15) is 4.79 Å². The Morgan fingerprint density at radius 1 is 1.04 bits per heavy atom. The van der Waals surface area contributed by atoms with E-state index in [1.54, 1.807) is 13.0 Å². The molecule has 0 aromatic heterocycles. The summed E-state index contributed by atoms with van der Waals surface area (Å²) in [5.74, 6) is -0.893. The van der Waals surface area contributed by atoms with Gasteiger partial charge in [-0.3, -0.25) is 0 Å². The largest absolute Gasteiger partial charge is 0.478 e. The van der Waals surface area contributed by atoms with Gasteiger partial charge in [0.05, 0.1) is 0 Å². The minimum Gasteiger partial charge on any atom is -0.478 e. The predicted octanol–water partition coefficient (Wildman–Crippen LogP) is 6.99. The lowest BCUT2D eigenvalue weighted by atomic mass is 10.0. The van der Waals surface area contributed by atoms with Crippen LogP contribution in [-0.2, 0) is 11.2 Å². The van der Waals surface area contributed by atoms with Crippen LogP contribution < -0.4 is 0 Å². The number of benzene rings is 1. The van der Waals surface area contributed by atoms with E-state index in [1.165, 1.54) is 50.5 Å². The molecule has 0 saturated carbocycles. The summed E-state index contributed by atoms with van der Waals surface area (Å²) in [4.78, 5) is 11.0. The molecule has 4 heteroatoms. The maximum absolute atomic E-state index is 11.0. The normalized spacial score (nSPS) is 11.7. The van der Waals surface area contributed by atoms with Gasteiger partial charge in [0.25, 0.3) is 0 Å². The van der Waals surface area contributed by atoms with Gasteiger partial charge in [-0.25, -0.2) is 4.79 Å². The van der Waals surface area contributed by atoms with Gasteiger partial charge in [0.1, 0.15) is 0 Å². The molecule has 128 valence electrons. The van der Waals surface area contributed by atoms with Crippen molar-refractivity contribution in [2.45, 2.75) is 65.2 Å². The number of aliphatic carboxylic acids is 1. The average molecular weight is 446 g/mol. The molecule has 1 aromatic carbocycles. The van der Waals surface area contributed by atoms with Crippen LogP contribution in [0.25, 0.3) is 6.08 Å². The molecular weight excluding hydrogens is 420 g/mol. The van der Waals surface area contributed by atoms with Gasteiger partial charge in [0.15, 0.2) is 0 Å². The van der Waals surface area contributed by atoms with E-state index in [4.69, 9.17) is 5.11 Å². The van der Waals surface area contributed by atoms with E-state index in [0.717, 1.165) is 20.9 Å².